The first kappa shape index (κ1) is 22.2. The second-order valence-corrected chi connectivity index (χ2v) is 8.79. The zero-order valence-corrected chi connectivity index (χ0v) is 18.3. The van der Waals surface area contributed by atoms with E-state index in [1.165, 1.54) is 31.4 Å². The van der Waals surface area contributed by atoms with Crippen molar-refractivity contribution in [2.45, 2.75) is 57.0 Å². The van der Waals surface area contributed by atoms with Gasteiger partial charge in [-0.1, -0.05) is 37.5 Å². The molecule has 2 aromatic rings. The number of hydrogen-bond acceptors (Lipinski definition) is 3. The molecule has 2 aliphatic rings. The van der Waals surface area contributed by atoms with Crippen LogP contribution < -0.4 is 10.6 Å². The van der Waals surface area contributed by atoms with Gasteiger partial charge in [-0.2, -0.15) is 0 Å². The number of likely N-dealkylation sites (tertiary alicyclic amines) is 1. The van der Waals surface area contributed by atoms with Crippen molar-refractivity contribution in [2.75, 3.05) is 13.1 Å². The van der Waals surface area contributed by atoms with Crippen molar-refractivity contribution < 1.29 is 14.0 Å². The van der Waals surface area contributed by atoms with Crippen molar-refractivity contribution in [3.8, 4) is 0 Å². The molecule has 2 N–H and O–H groups in total. The van der Waals surface area contributed by atoms with Crippen LogP contribution in [0.3, 0.4) is 0 Å². The molecular formula is C25H31FN4O2. The van der Waals surface area contributed by atoms with Crippen LogP contribution in [0.25, 0.3) is 0 Å². The SMILES string of the molecule is O=C(NC(c1ccc(F)cc1)c1ccccn1)C1CCN(C(=O)NC2CCCCC2)CC1. The van der Waals surface area contributed by atoms with Gasteiger partial charge < -0.3 is 15.5 Å². The molecular weight excluding hydrogens is 407 g/mol. The maximum absolute atomic E-state index is 13.4. The summed E-state index contributed by atoms with van der Waals surface area (Å²) < 4.78 is 13.4. The number of carbonyl (C=O) groups is 2. The average Bonchev–Trinajstić information content (AvgIpc) is 2.84. The third-order valence-electron chi connectivity index (χ3n) is 6.56. The van der Waals surface area contributed by atoms with E-state index in [2.05, 4.69) is 15.6 Å². The van der Waals surface area contributed by atoms with Gasteiger partial charge in [0.05, 0.1) is 11.7 Å². The number of urea groups is 1. The van der Waals surface area contributed by atoms with Crippen molar-refractivity contribution in [1.82, 2.24) is 20.5 Å². The van der Waals surface area contributed by atoms with Gasteiger partial charge in [0.15, 0.2) is 0 Å². The fourth-order valence-corrected chi connectivity index (χ4v) is 4.65. The highest BCUT2D eigenvalue weighted by molar-refractivity contribution is 5.80. The van der Waals surface area contributed by atoms with Gasteiger partial charge in [0.25, 0.3) is 0 Å². The lowest BCUT2D eigenvalue weighted by Gasteiger charge is -2.34. The van der Waals surface area contributed by atoms with Gasteiger partial charge in [0.2, 0.25) is 5.91 Å². The maximum atomic E-state index is 13.4. The maximum Gasteiger partial charge on any atom is 0.317 e. The Morgan fingerprint density at radius 3 is 2.34 bits per heavy atom. The van der Waals surface area contributed by atoms with Crippen LogP contribution in [0.5, 0.6) is 0 Å². The van der Waals surface area contributed by atoms with Gasteiger partial charge in [0, 0.05) is 31.2 Å². The summed E-state index contributed by atoms with van der Waals surface area (Å²) in [6.45, 7) is 1.14. The first-order valence-corrected chi connectivity index (χ1v) is 11.6. The predicted molar refractivity (Wildman–Crippen MR) is 120 cm³/mol. The summed E-state index contributed by atoms with van der Waals surface area (Å²) in [5.41, 5.74) is 1.49. The smallest absolute Gasteiger partial charge is 0.317 e. The topological polar surface area (TPSA) is 74.3 Å². The fourth-order valence-electron chi connectivity index (χ4n) is 4.65. The van der Waals surface area contributed by atoms with E-state index in [0.717, 1.165) is 18.4 Å². The minimum atomic E-state index is -0.447. The highest BCUT2D eigenvalue weighted by Gasteiger charge is 2.30. The minimum Gasteiger partial charge on any atom is -0.343 e. The molecule has 32 heavy (non-hydrogen) atoms. The molecule has 4 rings (SSSR count). The molecule has 1 aromatic heterocycles. The summed E-state index contributed by atoms with van der Waals surface area (Å²) >= 11 is 0. The molecule has 1 aliphatic heterocycles. The normalized spacial score (nSPS) is 18.7. The van der Waals surface area contributed by atoms with Crippen LogP contribution in [0.15, 0.2) is 48.7 Å². The number of aromatic nitrogens is 1. The van der Waals surface area contributed by atoms with Crippen molar-refractivity contribution in [3.05, 3.63) is 65.7 Å². The lowest BCUT2D eigenvalue weighted by Crippen LogP contribution is -2.50. The Labute approximate surface area is 188 Å². The summed E-state index contributed by atoms with van der Waals surface area (Å²) in [5, 5.41) is 6.27. The number of nitrogens with zero attached hydrogens (tertiary/aromatic N) is 2. The largest absolute Gasteiger partial charge is 0.343 e. The standard InChI is InChI=1S/C25H31FN4O2/c26-20-11-9-18(10-12-20)23(22-8-4-5-15-27-22)29-24(31)19-13-16-30(17-14-19)25(32)28-21-6-2-1-3-7-21/h4-5,8-12,15,19,21,23H,1-3,6-7,13-14,16-17H2,(H,28,32)(H,29,31). The number of benzene rings is 1. The molecule has 1 saturated heterocycles. The molecule has 3 amide bonds. The predicted octanol–water partition coefficient (Wildman–Crippen LogP) is 4.18. The molecule has 1 aromatic carbocycles. The Morgan fingerprint density at radius 2 is 1.69 bits per heavy atom. The van der Waals surface area contributed by atoms with E-state index in [0.29, 0.717) is 31.6 Å². The van der Waals surface area contributed by atoms with Gasteiger partial charge in [-0.25, -0.2) is 9.18 Å². The Balaban J connectivity index is 1.35. The molecule has 2 heterocycles. The van der Waals surface area contributed by atoms with Crippen LogP contribution in [-0.4, -0.2) is 41.0 Å². The van der Waals surface area contributed by atoms with Crippen molar-refractivity contribution >= 4 is 11.9 Å². The summed E-state index contributed by atoms with van der Waals surface area (Å²) in [4.78, 5) is 31.9. The van der Waals surface area contributed by atoms with Crippen molar-refractivity contribution in [1.29, 1.82) is 0 Å². The third kappa shape index (κ3) is 5.64. The molecule has 6 nitrogen and oxygen atoms in total. The molecule has 0 spiro atoms. The molecule has 2 fully saturated rings. The first-order valence-electron chi connectivity index (χ1n) is 11.6. The van der Waals surface area contributed by atoms with Gasteiger partial charge in [-0.05, 0) is 55.5 Å². The zero-order valence-electron chi connectivity index (χ0n) is 18.3. The number of halogens is 1. The molecule has 1 atom stereocenters. The second-order valence-electron chi connectivity index (χ2n) is 8.79. The van der Waals surface area contributed by atoms with Crippen LogP contribution in [0.2, 0.25) is 0 Å². The lowest BCUT2D eigenvalue weighted by atomic mass is 9.94. The van der Waals surface area contributed by atoms with E-state index in [-0.39, 0.29) is 29.7 Å². The number of piperidine rings is 1. The first-order chi connectivity index (χ1) is 15.6. The fraction of sp³-hybridized carbons (Fsp3) is 0.480. The third-order valence-corrected chi connectivity index (χ3v) is 6.56. The number of carbonyl (C=O) groups excluding carboxylic acids is 2. The second kappa shape index (κ2) is 10.6. The monoisotopic (exact) mass is 438 g/mol. The number of hydrogen-bond donors (Lipinski definition) is 2. The quantitative estimate of drug-likeness (QED) is 0.735. The van der Waals surface area contributed by atoms with E-state index in [9.17, 15) is 14.0 Å². The number of nitrogens with one attached hydrogen (secondary N) is 2. The minimum absolute atomic E-state index is 0.00608. The molecule has 7 heteroatoms. The molecule has 0 bridgehead atoms. The molecule has 1 aliphatic carbocycles. The van der Waals surface area contributed by atoms with E-state index in [1.54, 1.807) is 18.3 Å². The van der Waals surface area contributed by atoms with Crippen molar-refractivity contribution in [2.24, 2.45) is 5.92 Å². The van der Waals surface area contributed by atoms with E-state index in [4.69, 9.17) is 0 Å². The summed E-state index contributed by atoms with van der Waals surface area (Å²) in [7, 11) is 0. The Hall–Kier alpha value is -2.96. The van der Waals surface area contributed by atoms with Crippen LogP contribution in [0, 0.1) is 11.7 Å². The van der Waals surface area contributed by atoms with Crippen LogP contribution in [0.4, 0.5) is 9.18 Å². The van der Waals surface area contributed by atoms with E-state index >= 15 is 0 Å². The number of pyridine rings is 1. The van der Waals surface area contributed by atoms with Crippen LogP contribution in [-0.2, 0) is 4.79 Å². The van der Waals surface area contributed by atoms with Gasteiger partial charge in [0.1, 0.15) is 5.82 Å². The Bertz CT molecular complexity index is 892. The van der Waals surface area contributed by atoms with E-state index in [1.807, 2.05) is 23.1 Å². The Kier molecular flexibility index (Phi) is 7.35. The number of amides is 3. The van der Waals surface area contributed by atoms with Crippen LogP contribution >= 0.6 is 0 Å². The lowest BCUT2D eigenvalue weighted by molar-refractivity contribution is -0.126. The van der Waals surface area contributed by atoms with Crippen LogP contribution in [0.1, 0.15) is 62.2 Å². The highest BCUT2D eigenvalue weighted by Crippen LogP contribution is 2.24. The summed E-state index contributed by atoms with van der Waals surface area (Å²) in [6, 6.07) is 11.5. The molecule has 170 valence electrons. The zero-order chi connectivity index (χ0) is 22.3. The van der Waals surface area contributed by atoms with Gasteiger partial charge in [-0.15, -0.1) is 0 Å². The van der Waals surface area contributed by atoms with Gasteiger partial charge >= 0.3 is 6.03 Å². The highest BCUT2D eigenvalue weighted by atomic mass is 19.1. The molecule has 1 unspecified atom stereocenters. The van der Waals surface area contributed by atoms with Crippen molar-refractivity contribution in [3.63, 3.8) is 0 Å². The van der Waals surface area contributed by atoms with E-state index < -0.39 is 6.04 Å². The summed E-state index contributed by atoms with van der Waals surface area (Å²) in [5.74, 6) is -0.545. The summed E-state index contributed by atoms with van der Waals surface area (Å²) in [6.07, 6.45) is 8.67. The average molecular weight is 439 g/mol. The number of rotatable bonds is 5. The molecule has 0 radical (unpaired) electrons. The Morgan fingerprint density at radius 1 is 0.969 bits per heavy atom. The van der Waals surface area contributed by atoms with Gasteiger partial charge in [-0.3, -0.25) is 9.78 Å². The molecule has 1 saturated carbocycles.